The highest BCUT2D eigenvalue weighted by atomic mass is 79.9. The topological polar surface area (TPSA) is 69.6 Å². The van der Waals surface area contributed by atoms with Crippen LogP contribution in [0.2, 0.25) is 0 Å². The van der Waals surface area contributed by atoms with E-state index < -0.39 is 6.10 Å². The lowest BCUT2D eigenvalue weighted by atomic mass is 10.2. The number of halogens is 1. The van der Waals surface area contributed by atoms with Crippen molar-refractivity contribution in [2.75, 3.05) is 13.2 Å². The molecule has 0 heterocycles. The molecule has 0 aliphatic rings. The van der Waals surface area contributed by atoms with Crippen LogP contribution in [0.15, 0.2) is 34.8 Å². The summed E-state index contributed by atoms with van der Waals surface area (Å²) in [5, 5.41) is 20.1. The van der Waals surface area contributed by atoms with Crippen LogP contribution in [0.1, 0.15) is 5.56 Å². The Morgan fingerprint density at radius 1 is 1.47 bits per heavy atom. The van der Waals surface area contributed by atoms with Gasteiger partial charge in [-0.3, -0.25) is 4.79 Å². The molecule has 1 rings (SSSR count). The van der Waals surface area contributed by atoms with E-state index in [0.29, 0.717) is 0 Å². The maximum absolute atomic E-state index is 11.3. The van der Waals surface area contributed by atoms with Gasteiger partial charge in [0.2, 0.25) is 5.91 Å². The molecule has 0 fully saturated rings. The summed E-state index contributed by atoms with van der Waals surface area (Å²) in [6.07, 6.45) is 2.13. The Balaban J connectivity index is 2.49. The van der Waals surface area contributed by atoms with Crippen molar-refractivity contribution >= 4 is 27.9 Å². The lowest BCUT2D eigenvalue weighted by Gasteiger charge is -2.06. The van der Waals surface area contributed by atoms with Gasteiger partial charge in [-0.25, -0.2) is 0 Å². The van der Waals surface area contributed by atoms with Gasteiger partial charge < -0.3 is 15.5 Å². The standard InChI is InChI=1S/C12H14BrNO3/c13-11-4-2-1-3-9(11)5-6-12(17)14-7-10(16)8-15/h1-6,10,15-16H,7-8H2,(H,14,17). The first-order chi connectivity index (χ1) is 8.13. The fourth-order valence-corrected chi connectivity index (χ4v) is 1.53. The van der Waals surface area contributed by atoms with Gasteiger partial charge in [0.05, 0.1) is 12.7 Å². The zero-order chi connectivity index (χ0) is 12.7. The largest absolute Gasteiger partial charge is 0.394 e. The van der Waals surface area contributed by atoms with E-state index in [1.54, 1.807) is 6.08 Å². The third-order valence-corrected chi connectivity index (χ3v) is 2.76. The summed E-state index contributed by atoms with van der Waals surface area (Å²) < 4.78 is 0.902. The van der Waals surface area contributed by atoms with Crippen LogP contribution in [-0.4, -0.2) is 35.4 Å². The molecule has 0 radical (unpaired) electrons. The molecule has 3 N–H and O–H groups in total. The molecule has 1 aromatic carbocycles. The Morgan fingerprint density at radius 3 is 2.82 bits per heavy atom. The van der Waals surface area contributed by atoms with E-state index in [0.717, 1.165) is 10.0 Å². The molecule has 1 aromatic rings. The molecule has 0 spiro atoms. The first-order valence-corrected chi connectivity index (χ1v) is 5.92. The molecule has 1 amide bonds. The number of amides is 1. The summed E-state index contributed by atoms with van der Waals surface area (Å²) in [5.41, 5.74) is 0.894. The molecular weight excluding hydrogens is 286 g/mol. The third kappa shape index (κ3) is 5.12. The smallest absolute Gasteiger partial charge is 0.244 e. The normalized spacial score (nSPS) is 12.6. The van der Waals surface area contributed by atoms with Crippen molar-refractivity contribution in [1.82, 2.24) is 5.32 Å². The quantitative estimate of drug-likeness (QED) is 0.709. The Morgan fingerprint density at radius 2 is 2.18 bits per heavy atom. The molecule has 0 aliphatic heterocycles. The van der Waals surface area contributed by atoms with Crippen molar-refractivity contribution in [2.24, 2.45) is 0 Å². The van der Waals surface area contributed by atoms with Crippen LogP contribution < -0.4 is 5.32 Å². The van der Waals surface area contributed by atoms with Gasteiger partial charge in [0.1, 0.15) is 0 Å². The predicted octanol–water partition coefficient (Wildman–Crippen LogP) is 0.932. The molecule has 1 unspecified atom stereocenters. The SMILES string of the molecule is O=C(C=Cc1ccccc1Br)NCC(O)CO. The lowest BCUT2D eigenvalue weighted by molar-refractivity contribution is -0.117. The lowest BCUT2D eigenvalue weighted by Crippen LogP contribution is -2.32. The molecule has 5 heteroatoms. The van der Waals surface area contributed by atoms with Crippen molar-refractivity contribution < 1.29 is 15.0 Å². The molecule has 0 saturated heterocycles. The van der Waals surface area contributed by atoms with Crippen LogP contribution in [0.25, 0.3) is 6.08 Å². The van der Waals surface area contributed by atoms with E-state index in [9.17, 15) is 4.79 Å². The van der Waals surface area contributed by atoms with Gasteiger partial charge in [-0.1, -0.05) is 34.1 Å². The Kier molecular flexibility index (Phi) is 5.90. The van der Waals surface area contributed by atoms with Crippen molar-refractivity contribution in [3.05, 3.63) is 40.4 Å². The number of carbonyl (C=O) groups excluding carboxylic acids is 1. The summed E-state index contributed by atoms with van der Waals surface area (Å²) in [5.74, 6) is -0.312. The number of hydrogen-bond donors (Lipinski definition) is 3. The number of aliphatic hydroxyl groups is 2. The van der Waals surface area contributed by atoms with Crippen LogP contribution in [0.4, 0.5) is 0 Å². The number of aliphatic hydroxyl groups excluding tert-OH is 2. The minimum atomic E-state index is -0.921. The second-order valence-corrected chi connectivity index (χ2v) is 4.29. The molecule has 0 aromatic heterocycles. The van der Waals surface area contributed by atoms with E-state index in [1.807, 2.05) is 24.3 Å². The van der Waals surface area contributed by atoms with Gasteiger partial charge in [-0.2, -0.15) is 0 Å². The minimum absolute atomic E-state index is 0.0373. The molecular formula is C12H14BrNO3. The fraction of sp³-hybridized carbons (Fsp3) is 0.250. The molecule has 17 heavy (non-hydrogen) atoms. The predicted molar refractivity (Wildman–Crippen MR) is 69.3 cm³/mol. The second kappa shape index (κ2) is 7.21. The van der Waals surface area contributed by atoms with Crippen molar-refractivity contribution in [2.45, 2.75) is 6.10 Å². The fourth-order valence-electron chi connectivity index (χ4n) is 1.12. The van der Waals surface area contributed by atoms with E-state index in [1.165, 1.54) is 6.08 Å². The van der Waals surface area contributed by atoms with Gasteiger partial charge in [0, 0.05) is 17.1 Å². The number of benzene rings is 1. The van der Waals surface area contributed by atoms with Crippen LogP contribution in [-0.2, 0) is 4.79 Å². The molecule has 0 saturated carbocycles. The number of carbonyl (C=O) groups is 1. The highest BCUT2D eigenvalue weighted by molar-refractivity contribution is 9.10. The minimum Gasteiger partial charge on any atom is -0.394 e. The third-order valence-electron chi connectivity index (χ3n) is 2.04. The number of hydrogen-bond acceptors (Lipinski definition) is 3. The Labute approximate surface area is 108 Å². The summed E-state index contributed by atoms with van der Waals surface area (Å²) in [6.45, 7) is -0.330. The van der Waals surface area contributed by atoms with Gasteiger partial charge >= 0.3 is 0 Å². The van der Waals surface area contributed by atoms with Crippen molar-refractivity contribution in [1.29, 1.82) is 0 Å². The van der Waals surface area contributed by atoms with Gasteiger partial charge in [0.25, 0.3) is 0 Å². The van der Waals surface area contributed by atoms with Crippen LogP contribution in [0.3, 0.4) is 0 Å². The summed E-state index contributed by atoms with van der Waals surface area (Å²) in [7, 11) is 0. The zero-order valence-electron chi connectivity index (χ0n) is 9.14. The molecule has 1 atom stereocenters. The average molecular weight is 300 g/mol. The van der Waals surface area contributed by atoms with Crippen LogP contribution in [0.5, 0.6) is 0 Å². The van der Waals surface area contributed by atoms with Gasteiger partial charge in [0.15, 0.2) is 0 Å². The summed E-state index contributed by atoms with van der Waals surface area (Å²) in [6, 6.07) is 7.51. The van der Waals surface area contributed by atoms with Crippen molar-refractivity contribution in [3.8, 4) is 0 Å². The van der Waals surface area contributed by atoms with Crippen LogP contribution in [0, 0.1) is 0 Å². The Hall–Kier alpha value is -1.17. The maximum atomic E-state index is 11.3. The highest BCUT2D eigenvalue weighted by Crippen LogP contribution is 2.16. The van der Waals surface area contributed by atoms with Gasteiger partial charge in [-0.05, 0) is 17.7 Å². The second-order valence-electron chi connectivity index (χ2n) is 3.44. The molecule has 0 bridgehead atoms. The molecule has 4 nitrogen and oxygen atoms in total. The van der Waals surface area contributed by atoms with E-state index in [2.05, 4.69) is 21.2 Å². The van der Waals surface area contributed by atoms with E-state index in [4.69, 9.17) is 10.2 Å². The molecule has 0 aliphatic carbocycles. The molecule has 92 valence electrons. The summed E-state index contributed by atoms with van der Waals surface area (Å²) >= 11 is 3.36. The monoisotopic (exact) mass is 299 g/mol. The van der Waals surface area contributed by atoms with E-state index >= 15 is 0 Å². The first kappa shape index (κ1) is 13.9. The highest BCUT2D eigenvalue weighted by Gasteiger charge is 2.02. The number of nitrogens with one attached hydrogen (secondary N) is 1. The van der Waals surface area contributed by atoms with E-state index in [-0.39, 0.29) is 19.1 Å². The summed E-state index contributed by atoms with van der Waals surface area (Å²) in [4.78, 5) is 11.3. The average Bonchev–Trinajstić information content (AvgIpc) is 2.35. The van der Waals surface area contributed by atoms with Gasteiger partial charge in [-0.15, -0.1) is 0 Å². The van der Waals surface area contributed by atoms with Crippen LogP contribution >= 0.6 is 15.9 Å². The Bertz CT molecular complexity index is 406. The van der Waals surface area contributed by atoms with Crippen molar-refractivity contribution in [3.63, 3.8) is 0 Å². The zero-order valence-corrected chi connectivity index (χ0v) is 10.7. The first-order valence-electron chi connectivity index (χ1n) is 5.13. The maximum Gasteiger partial charge on any atom is 0.244 e. The number of rotatable bonds is 5.